The highest BCUT2D eigenvalue weighted by atomic mass is 35.5. The van der Waals surface area contributed by atoms with Crippen molar-refractivity contribution in [2.75, 3.05) is 5.75 Å². The molecule has 114 valence electrons. The molecule has 0 saturated heterocycles. The van der Waals surface area contributed by atoms with Crippen LogP contribution in [0.4, 0.5) is 0 Å². The predicted octanol–water partition coefficient (Wildman–Crippen LogP) is 3.72. The third-order valence-corrected chi connectivity index (χ3v) is 5.13. The Morgan fingerprint density at radius 1 is 1.32 bits per heavy atom. The molecule has 0 aliphatic carbocycles. The molecule has 1 unspecified atom stereocenters. The van der Waals surface area contributed by atoms with Gasteiger partial charge in [-0.3, -0.25) is 4.21 Å². The van der Waals surface area contributed by atoms with Gasteiger partial charge in [0.1, 0.15) is 11.3 Å². The number of aryl methyl sites for hydroxylation is 2. The Morgan fingerprint density at radius 3 is 2.82 bits per heavy atom. The number of halogens is 1. The van der Waals surface area contributed by atoms with E-state index in [0.717, 1.165) is 28.1 Å². The van der Waals surface area contributed by atoms with E-state index in [-0.39, 0.29) is 0 Å². The van der Waals surface area contributed by atoms with Gasteiger partial charge in [-0.15, -0.1) is 0 Å². The summed E-state index contributed by atoms with van der Waals surface area (Å²) >= 11 is 6.07. The van der Waals surface area contributed by atoms with Gasteiger partial charge in [0, 0.05) is 29.6 Å². The smallest absolute Gasteiger partial charge is 0.160 e. The molecule has 0 fully saturated rings. The van der Waals surface area contributed by atoms with Gasteiger partial charge >= 0.3 is 0 Å². The summed E-state index contributed by atoms with van der Waals surface area (Å²) < 4.78 is 14.3. The van der Waals surface area contributed by atoms with Gasteiger partial charge in [0.15, 0.2) is 5.65 Å². The highest BCUT2D eigenvalue weighted by Gasteiger charge is 2.17. The lowest BCUT2D eigenvalue weighted by Crippen LogP contribution is -2.01. The van der Waals surface area contributed by atoms with Crippen LogP contribution in [0.3, 0.4) is 0 Å². The maximum Gasteiger partial charge on any atom is 0.160 e. The molecular weight excluding hydrogens is 318 g/mol. The molecular formula is C16H16ClN3OS. The first kappa shape index (κ1) is 15.2. The van der Waals surface area contributed by atoms with Crippen LogP contribution in [-0.4, -0.2) is 24.5 Å². The molecule has 2 aromatic heterocycles. The average molecular weight is 334 g/mol. The molecule has 0 saturated carbocycles. The van der Waals surface area contributed by atoms with Crippen LogP contribution in [0.25, 0.3) is 22.6 Å². The van der Waals surface area contributed by atoms with Crippen molar-refractivity contribution in [1.82, 2.24) is 14.5 Å². The first-order chi connectivity index (χ1) is 10.5. The minimum absolute atomic E-state index is 0.536. The van der Waals surface area contributed by atoms with Gasteiger partial charge in [-0.1, -0.05) is 18.5 Å². The Labute approximate surface area is 136 Å². The second-order valence-electron chi connectivity index (χ2n) is 5.12. The van der Waals surface area contributed by atoms with Crippen LogP contribution in [0.1, 0.15) is 12.5 Å². The number of hydrogen-bond donors (Lipinski definition) is 0. The molecule has 4 nitrogen and oxygen atoms in total. The van der Waals surface area contributed by atoms with Crippen LogP contribution in [-0.2, 0) is 17.8 Å². The molecule has 0 radical (unpaired) electrons. The second kappa shape index (κ2) is 5.82. The monoisotopic (exact) mass is 333 g/mol. The van der Waals surface area contributed by atoms with Crippen molar-refractivity contribution in [1.29, 1.82) is 0 Å². The number of fused-ring (bicyclic) bond motifs is 1. The van der Waals surface area contributed by atoms with Crippen molar-refractivity contribution in [2.24, 2.45) is 7.05 Å². The zero-order valence-corrected chi connectivity index (χ0v) is 14.2. The number of hydrogen-bond acceptors (Lipinski definition) is 3. The van der Waals surface area contributed by atoms with E-state index in [1.165, 1.54) is 0 Å². The molecule has 3 aromatic rings. The standard InChI is InChI=1S/C16H16ClN3OS/c1-4-22(21)14-8-11(17)5-6-12(14)15-19-13-7-10(2)9-18-16(13)20(15)3/h5-9H,4H2,1-3H3. The fraction of sp³-hybridized carbons (Fsp3) is 0.250. The topological polar surface area (TPSA) is 47.8 Å². The maximum atomic E-state index is 12.3. The van der Waals surface area contributed by atoms with E-state index >= 15 is 0 Å². The van der Waals surface area contributed by atoms with E-state index in [1.807, 2.05) is 43.8 Å². The molecule has 3 rings (SSSR count). The molecule has 0 N–H and O–H groups in total. The quantitative estimate of drug-likeness (QED) is 0.733. The Bertz CT molecular complexity index is 888. The van der Waals surface area contributed by atoms with Gasteiger partial charge in [-0.25, -0.2) is 9.97 Å². The van der Waals surface area contributed by atoms with Crippen molar-refractivity contribution >= 4 is 33.6 Å². The summed E-state index contributed by atoms with van der Waals surface area (Å²) in [6.07, 6.45) is 1.82. The first-order valence-electron chi connectivity index (χ1n) is 6.98. The van der Waals surface area contributed by atoms with Gasteiger partial charge in [0.25, 0.3) is 0 Å². The van der Waals surface area contributed by atoms with Crippen LogP contribution in [0.5, 0.6) is 0 Å². The van der Waals surface area contributed by atoms with Crippen LogP contribution in [0.2, 0.25) is 5.02 Å². The zero-order chi connectivity index (χ0) is 15.9. The predicted molar refractivity (Wildman–Crippen MR) is 90.6 cm³/mol. The number of pyridine rings is 1. The highest BCUT2D eigenvalue weighted by Crippen LogP contribution is 2.30. The molecule has 0 aliphatic heterocycles. The zero-order valence-electron chi connectivity index (χ0n) is 12.6. The number of rotatable bonds is 3. The van der Waals surface area contributed by atoms with E-state index in [2.05, 4.69) is 9.97 Å². The SMILES string of the molecule is CCS(=O)c1cc(Cl)ccc1-c1nc2cc(C)cnc2n1C. The van der Waals surface area contributed by atoms with E-state index < -0.39 is 10.8 Å². The molecule has 22 heavy (non-hydrogen) atoms. The minimum atomic E-state index is -1.11. The summed E-state index contributed by atoms with van der Waals surface area (Å²) in [4.78, 5) is 9.82. The Morgan fingerprint density at radius 2 is 2.09 bits per heavy atom. The minimum Gasteiger partial charge on any atom is -0.312 e. The van der Waals surface area contributed by atoms with Crippen LogP contribution in [0.15, 0.2) is 35.4 Å². The lowest BCUT2D eigenvalue weighted by Gasteiger charge is -2.09. The fourth-order valence-corrected chi connectivity index (χ4v) is 3.65. The number of nitrogens with zero attached hydrogens (tertiary/aromatic N) is 3. The van der Waals surface area contributed by atoms with Crippen molar-refractivity contribution in [3.05, 3.63) is 41.0 Å². The highest BCUT2D eigenvalue weighted by molar-refractivity contribution is 7.85. The van der Waals surface area contributed by atoms with Gasteiger partial charge < -0.3 is 4.57 Å². The molecule has 1 aromatic carbocycles. The normalized spacial score (nSPS) is 12.7. The summed E-state index contributed by atoms with van der Waals surface area (Å²) in [5.74, 6) is 1.29. The molecule has 0 aliphatic rings. The summed E-state index contributed by atoms with van der Waals surface area (Å²) in [5, 5.41) is 0.577. The average Bonchev–Trinajstić information content (AvgIpc) is 2.82. The first-order valence-corrected chi connectivity index (χ1v) is 8.68. The van der Waals surface area contributed by atoms with Crippen LogP contribution in [0, 0.1) is 6.92 Å². The van der Waals surface area contributed by atoms with Gasteiger partial charge in [0.05, 0.1) is 15.7 Å². The van der Waals surface area contributed by atoms with Crippen molar-refractivity contribution in [3.63, 3.8) is 0 Å². The van der Waals surface area contributed by atoms with Crippen LogP contribution < -0.4 is 0 Å². The van der Waals surface area contributed by atoms with E-state index in [1.54, 1.807) is 12.1 Å². The molecule has 1 atom stereocenters. The van der Waals surface area contributed by atoms with Gasteiger partial charge in [-0.05, 0) is 36.8 Å². The molecule has 6 heteroatoms. The van der Waals surface area contributed by atoms with Gasteiger partial charge in [0.2, 0.25) is 0 Å². The number of imidazole rings is 1. The van der Waals surface area contributed by atoms with Crippen molar-refractivity contribution < 1.29 is 4.21 Å². The lowest BCUT2D eigenvalue weighted by molar-refractivity contribution is 0.684. The van der Waals surface area contributed by atoms with E-state index in [9.17, 15) is 4.21 Å². The van der Waals surface area contributed by atoms with E-state index in [0.29, 0.717) is 15.7 Å². The van der Waals surface area contributed by atoms with Crippen LogP contribution >= 0.6 is 11.6 Å². The summed E-state index contributed by atoms with van der Waals surface area (Å²) in [6.45, 7) is 3.88. The molecule has 0 bridgehead atoms. The Kier molecular flexibility index (Phi) is 4.02. The lowest BCUT2D eigenvalue weighted by atomic mass is 10.2. The summed E-state index contributed by atoms with van der Waals surface area (Å²) in [5.41, 5.74) is 3.54. The van der Waals surface area contributed by atoms with Crippen molar-refractivity contribution in [2.45, 2.75) is 18.7 Å². The molecule has 0 spiro atoms. The molecule has 2 heterocycles. The second-order valence-corrected chi connectivity index (χ2v) is 7.27. The summed E-state index contributed by atoms with van der Waals surface area (Å²) in [7, 11) is 0.812. The number of aromatic nitrogens is 3. The molecule has 0 amide bonds. The van der Waals surface area contributed by atoms with Crippen molar-refractivity contribution in [3.8, 4) is 11.4 Å². The fourth-order valence-electron chi connectivity index (χ4n) is 2.44. The Hall–Kier alpha value is -1.72. The summed E-state index contributed by atoms with van der Waals surface area (Å²) in [6, 6.07) is 7.43. The van der Waals surface area contributed by atoms with Gasteiger partial charge in [-0.2, -0.15) is 0 Å². The Balaban J connectivity index is 2.27. The van der Waals surface area contributed by atoms with E-state index in [4.69, 9.17) is 11.6 Å². The third kappa shape index (κ3) is 2.55. The maximum absolute atomic E-state index is 12.3. The third-order valence-electron chi connectivity index (χ3n) is 3.54. The largest absolute Gasteiger partial charge is 0.312 e. The number of benzene rings is 1.